The smallest absolute Gasteiger partial charge is 0.324 e. The lowest BCUT2D eigenvalue weighted by Gasteiger charge is -2.10. The number of ether oxygens (including phenoxy) is 1. The van der Waals surface area contributed by atoms with Crippen molar-refractivity contribution in [2.45, 2.75) is 19.9 Å². The summed E-state index contributed by atoms with van der Waals surface area (Å²) in [6, 6.07) is 4.73. The number of carboxylic acids is 1. The Balaban J connectivity index is 2.61. The molecule has 4 nitrogen and oxygen atoms in total. The number of hydrogen-bond donors (Lipinski definition) is 2. The van der Waals surface area contributed by atoms with Gasteiger partial charge in [-0.3, -0.25) is 4.79 Å². The predicted octanol–water partition coefficient (Wildman–Crippen LogP) is 1.09. The van der Waals surface area contributed by atoms with E-state index in [1.807, 2.05) is 32.0 Å². The first-order valence-corrected chi connectivity index (χ1v) is 4.68. The van der Waals surface area contributed by atoms with E-state index in [0.717, 1.165) is 11.1 Å². The third-order valence-corrected chi connectivity index (χ3v) is 1.94. The van der Waals surface area contributed by atoms with Gasteiger partial charge < -0.3 is 15.6 Å². The molecule has 0 bridgehead atoms. The predicted molar refractivity (Wildman–Crippen MR) is 57.0 cm³/mol. The molecular weight excluding hydrogens is 194 g/mol. The van der Waals surface area contributed by atoms with E-state index >= 15 is 0 Å². The van der Waals surface area contributed by atoms with E-state index in [1.54, 1.807) is 0 Å². The van der Waals surface area contributed by atoms with E-state index in [-0.39, 0.29) is 6.61 Å². The standard InChI is InChI=1S/C11H15NO3/c1-7-3-8(2)5-9(4-7)15-6-10(12)11(13)14/h3-5,10H,6,12H2,1-2H3,(H,13,14)/t10-/m0/s1. The SMILES string of the molecule is Cc1cc(C)cc(OC[C@H](N)C(=O)O)c1. The number of aryl methyl sites for hydroxylation is 2. The maximum absolute atomic E-state index is 10.4. The van der Waals surface area contributed by atoms with Crippen LogP contribution < -0.4 is 10.5 Å². The van der Waals surface area contributed by atoms with Gasteiger partial charge in [0.2, 0.25) is 0 Å². The second kappa shape index (κ2) is 4.79. The molecule has 1 atom stereocenters. The van der Waals surface area contributed by atoms with E-state index in [9.17, 15) is 4.79 Å². The number of nitrogens with two attached hydrogens (primary N) is 1. The van der Waals surface area contributed by atoms with Gasteiger partial charge >= 0.3 is 5.97 Å². The van der Waals surface area contributed by atoms with Crippen LogP contribution in [0.4, 0.5) is 0 Å². The molecule has 0 unspecified atom stereocenters. The first-order chi connectivity index (χ1) is 6.99. The number of carboxylic acid groups (broad SMARTS) is 1. The highest BCUT2D eigenvalue weighted by Gasteiger charge is 2.11. The maximum Gasteiger partial charge on any atom is 0.324 e. The van der Waals surface area contributed by atoms with Gasteiger partial charge in [-0.2, -0.15) is 0 Å². The van der Waals surface area contributed by atoms with Crippen molar-refractivity contribution in [1.82, 2.24) is 0 Å². The molecule has 0 spiro atoms. The van der Waals surface area contributed by atoms with Crippen LogP contribution in [0.15, 0.2) is 18.2 Å². The molecule has 15 heavy (non-hydrogen) atoms. The van der Waals surface area contributed by atoms with Crippen LogP contribution >= 0.6 is 0 Å². The molecule has 0 saturated heterocycles. The molecule has 1 aromatic rings. The summed E-state index contributed by atoms with van der Waals surface area (Å²) in [5, 5.41) is 8.56. The lowest BCUT2D eigenvalue weighted by atomic mass is 10.1. The van der Waals surface area contributed by atoms with Crippen molar-refractivity contribution < 1.29 is 14.6 Å². The highest BCUT2D eigenvalue weighted by molar-refractivity contribution is 5.73. The minimum absolute atomic E-state index is 0.0156. The van der Waals surface area contributed by atoms with E-state index < -0.39 is 12.0 Å². The fraction of sp³-hybridized carbons (Fsp3) is 0.364. The largest absolute Gasteiger partial charge is 0.491 e. The maximum atomic E-state index is 10.4. The highest BCUT2D eigenvalue weighted by Crippen LogP contribution is 2.16. The van der Waals surface area contributed by atoms with Crippen molar-refractivity contribution in [3.63, 3.8) is 0 Å². The van der Waals surface area contributed by atoms with Gasteiger partial charge in [-0.05, 0) is 37.1 Å². The third-order valence-electron chi connectivity index (χ3n) is 1.94. The van der Waals surface area contributed by atoms with Gasteiger partial charge in [0.05, 0.1) is 0 Å². The molecule has 1 rings (SSSR count). The van der Waals surface area contributed by atoms with Crippen LogP contribution in [-0.4, -0.2) is 23.7 Å². The summed E-state index contributed by atoms with van der Waals surface area (Å²) in [7, 11) is 0. The van der Waals surface area contributed by atoms with Crippen molar-refractivity contribution >= 4 is 5.97 Å². The zero-order valence-electron chi connectivity index (χ0n) is 8.86. The van der Waals surface area contributed by atoms with Crippen LogP contribution in [0.5, 0.6) is 5.75 Å². The van der Waals surface area contributed by atoms with Gasteiger partial charge in [-0.25, -0.2) is 0 Å². The molecule has 0 amide bonds. The van der Waals surface area contributed by atoms with Gasteiger partial charge in [-0.15, -0.1) is 0 Å². The van der Waals surface area contributed by atoms with Crippen LogP contribution in [0, 0.1) is 13.8 Å². The Morgan fingerprint density at radius 1 is 1.40 bits per heavy atom. The molecule has 0 saturated carbocycles. The van der Waals surface area contributed by atoms with Crippen molar-refractivity contribution in [3.8, 4) is 5.75 Å². The van der Waals surface area contributed by atoms with Gasteiger partial charge in [0, 0.05) is 0 Å². The van der Waals surface area contributed by atoms with Crippen molar-refractivity contribution in [2.24, 2.45) is 5.73 Å². The van der Waals surface area contributed by atoms with E-state index in [1.165, 1.54) is 0 Å². The molecule has 1 aromatic carbocycles. The normalized spacial score (nSPS) is 12.2. The number of hydrogen-bond acceptors (Lipinski definition) is 3. The first kappa shape index (κ1) is 11.5. The van der Waals surface area contributed by atoms with Gasteiger partial charge in [0.25, 0.3) is 0 Å². The molecule has 0 aliphatic rings. The summed E-state index contributed by atoms with van der Waals surface area (Å²) < 4.78 is 5.28. The average Bonchev–Trinajstić information content (AvgIpc) is 2.12. The quantitative estimate of drug-likeness (QED) is 0.778. The summed E-state index contributed by atoms with van der Waals surface area (Å²) >= 11 is 0. The summed E-state index contributed by atoms with van der Waals surface area (Å²) in [6.45, 7) is 3.90. The Morgan fingerprint density at radius 3 is 2.40 bits per heavy atom. The molecule has 0 fully saturated rings. The summed E-state index contributed by atoms with van der Waals surface area (Å²) in [4.78, 5) is 10.4. The first-order valence-electron chi connectivity index (χ1n) is 4.68. The minimum atomic E-state index is -1.06. The number of carbonyl (C=O) groups is 1. The van der Waals surface area contributed by atoms with Crippen molar-refractivity contribution in [2.75, 3.05) is 6.61 Å². The van der Waals surface area contributed by atoms with E-state index in [2.05, 4.69) is 0 Å². The second-order valence-electron chi connectivity index (χ2n) is 3.58. The van der Waals surface area contributed by atoms with Crippen LogP contribution in [-0.2, 0) is 4.79 Å². The van der Waals surface area contributed by atoms with Crippen LogP contribution in [0.25, 0.3) is 0 Å². The van der Waals surface area contributed by atoms with Crippen LogP contribution in [0.3, 0.4) is 0 Å². The Kier molecular flexibility index (Phi) is 3.68. The molecular formula is C11H15NO3. The third kappa shape index (κ3) is 3.59. The topological polar surface area (TPSA) is 72.5 Å². The van der Waals surface area contributed by atoms with Gasteiger partial charge in [-0.1, -0.05) is 6.07 Å². The average molecular weight is 209 g/mol. The molecule has 82 valence electrons. The Morgan fingerprint density at radius 2 is 1.93 bits per heavy atom. The van der Waals surface area contributed by atoms with E-state index in [4.69, 9.17) is 15.6 Å². The molecule has 0 radical (unpaired) electrons. The molecule has 0 aliphatic carbocycles. The lowest BCUT2D eigenvalue weighted by Crippen LogP contribution is -2.36. The number of benzene rings is 1. The number of rotatable bonds is 4. The Bertz CT molecular complexity index is 343. The minimum Gasteiger partial charge on any atom is -0.491 e. The van der Waals surface area contributed by atoms with E-state index in [0.29, 0.717) is 5.75 Å². The van der Waals surface area contributed by atoms with Crippen LogP contribution in [0.1, 0.15) is 11.1 Å². The molecule has 3 N–H and O–H groups in total. The lowest BCUT2D eigenvalue weighted by molar-refractivity contribution is -0.139. The Labute approximate surface area is 88.7 Å². The summed E-state index contributed by atoms with van der Waals surface area (Å²) in [6.07, 6.45) is 0. The monoisotopic (exact) mass is 209 g/mol. The van der Waals surface area contributed by atoms with Crippen molar-refractivity contribution in [1.29, 1.82) is 0 Å². The molecule has 0 aliphatic heterocycles. The van der Waals surface area contributed by atoms with Gasteiger partial charge in [0.1, 0.15) is 18.4 Å². The molecule has 4 heteroatoms. The molecule has 0 aromatic heterocycles. The summed E-state index contributed by atoms with van der Waals surface area (Å²) in [5.41, 5.74) is 7.47. The Hall–Kier alpha value is -1.55. The van der Waals surface area contributed by atoms with Crippen molar-refractivity contribution in [3.05, 3.63) is 29.3 Å². The second-order valence-corrected chi connectivity index (χ2v) is 3.58. The fourth-order valence-electron chi connectivity index (χ4n) is 1.27. The number of aliphatic carboxylic acids is 1. The highest BCUT2D eigenvalue weighted by atomic mass is 16.5. The van der Waals surface area contributed by atoms with Gasteiger partial charge in [0.15, 0.2) is 0 Å². The summed E-state index contributed by atoms with van der Waals surface area (Å²) in [5.74, 6) is -0.399. The zero-order valence-corrected chi connectivity index (χ0v) is 8.86. The molecule has 0 heterocycles. The zero-order chi connectivity index (χ0) is 11.4. The van der Waals surface area contributed by atoms with Crippen LogP contribution in [0.2, 0.25) is 0 Å². The fourth-order valence-corrected chi connectivity index (χ4v) is 1.27.